The largest absolute Gasteiger partial charge is 0.360 e. The Morgan fingerprint density at radius 1 is 1.67 bits per heavy atom. The van der Waals surface area contributed by atoms with E-state index in [0.29, 0.717) is 0 Å². The van der Waals surface area contributed by atoms with Gasteiger partial charge in [0.1, 0.15) is 0 Å². The molecular formula is C7H11N3S2. The summed E-state index contributed by atoms with van der Waals surface area (Å²) in [5.74, 6) is 0.890. The lowest BCUT2D eigenvalue weighted by Gasteiger charge is -1.91. The Morgan fingerprint density at radius 2 is 2.50 bits per heavy atom. The molecule has 0 saturated heterocycles. The average molecular weight is 201 g/mol. The highest BCUT2D eigenvalue weighted by atomic mass is 32.2. The zero-order chi connectivity index (χ0) is 8.81. The molecule has 0 spiro atoms. The quantitative estimate of drug-likeness (QED) is 0.585. The molecule has 0 amide bonds. The van der Waals surface area contributed by atoms with Gasteiger partial charge in [-0.05, 0) is 6.92 Å². The standard InChI is InChI=1S/C7H11N3S2/c1-3-5-11-7-10-9-6(12-7)8-4-2/h3H,1,4-5H2,2H3,(H,8,9). The van der Waals surface area contributed by atoms with E-state index in [-0.39, 0.29) is 0 Å². The molecule has 3 nitrogen and oxygen atoms in total. The molecule has 1 aromatic rings. The number of thioether (sulfide) groups is 1. The highest BCUT2D eigenvalue weighted by molar-refractivity contribution is 8.01. The molecule has 66 valence electrons. The van der Waals surface area contributed by atoms with Crippen LogP contribution in [0.5, 0.6) is 0 Å². The normalized spacial score (nSPS) is 9.75. The maximum absolute atomic E-state index is 3.99. The number of nitrogens with one attached hydrogen (secondary N) is 1. The second-order valence-electron chi connectivity index (χ2n) is 2.00. The second-order valence-corrected chi connectivity index (χ2v) is 4.25. The SMILES string of the molecule is C=CCSc1nnc(NCC)s1. The lowest BCUT2D eigenvalue weighted by Crippen LogP contribution is -1.94. The lowest BCUT2D eigenvalue weighted by molar-refractivity contribution is 1.00. The van der Waals surface area contributed by atoms with Gasteiger partial charge in [0.05, 0.1) is 0 Å². The van der Waals surface area contributed by atoms with Gasteiger partial charge in [0, 0.05) is 12.3 Å². The summed E-state index contributed by atoms with van der Waals surface area (Å²) in [4.78, 5) is 0. The molecule has 5 heteroatoms. The van der Waals surface area contributed by atoms with Gasteiger partial charge in [0.25, 0.3) is 0 Å². The molecule has 0 bridgehead atoms. The maximum atomic E-state index is 3.99. The fourth-order valence-corrected chi connectivity index (χ4v) is 2.20. The van der Waals surface area contributed by atoms with E-state index in [4.69, 9.17) is 0 Å². The fraction of sp³-hybridized carbons (Fsp3) is 0.429. The van der Waals surface area contributed by atoms with E-state index < -0.39 is 0 Å². The molecule has 1 aromatic heterocycles. The number of nitrogens with zero attached hydrogens (tertiary/aromatic N) is 2. The van der Waals surface area contributed by atoms with E-state index in [9.17, 15) is 0 Å². The molecular weight excluding hydrogens is 190 g/mol. The lowest BCUT2D eigenvalue weighted by atomic mass is 10.8. The predicted molar refractivity (Wildman–Crippen MR) is 55.0 cm³/mol. The van der Waals surface area contributed by atoms with Crippen LogP contribution in [0.4, 0.5) is 5.13 Å². The van der Waals surface area contributed by atoms with Gasteiger partial charge in [-0.1, -0.05) is 29.2 Å². The molecule has 1 rings (SSSR count). The second kappa shape index (κ2) is 5.16. The maximum Gasteiger partial charge on any atom is 0.206 e. The summed E-state index contributed by atoms with van der Waals surface area (Å²) in [5, 5.41) is 12.0. The first kappa shape index (κ1) is 9.54. The number of rotatable bonds is 5. The first-order chi connectivity index (χ1) is 5.86. The topological polar surface area (TPSA) is 37.8 Å². The molecule has 1 N–H and O–H groups in total. The predicted octanol–water partition coefficient (Wildman–Crippen LogP) is 2.25. The molecule has 0 aliphatic rings. The Labute approximate surface area is 80.3 Å². The smallest absolute Gasteiger partial charge is 0.206 e. The van der Waals surface area contributed by atoms with Gasteiger partial charge in [0.2, 0.25) is 5.13 Å². The molecule has 0 radical (unpaired) electrons. The monoisotopic (exact) mass is 201 g/mol. The number of aromatic nitrogens is 2. The summed E-state index contributed by atoms with van der Waals surface area (Å²) < 4.78 is 0.992. The molecule has 0 fully saturated rings. The van der Waals surface area contributed by atoms with E-state index in [2.05, 4.69) is 22.1 Å². The molecule has 0 aliphatic carbocycles. The minimum Gasteiger partial charge on any atom is -0.360 e. The third-order valence-corrected chi connectivity index (χ3v) is 3.07. The van der Waals surface area contributed by atoms with Crippen LogP contribution in [0, 0.1) is 0 Å². The Bertz CT molecular complexity index is 247. The van der Waals surface area contributed by atoms with Gasteiger partial charge >= 0.3 is 0 Å². The van der Waals surface area contributed by atoms with Crippen LogP contribution in [0.2, 0.25) is 0 Å². The van der Waals surface area contributed by atoms with Gasteiger partial charge < -0.3 is 5.32 Å². The van der Waals surface area contributed by atoms with Crippen molar-refractivity contribution in [3.05, 3.63) is 12.7 Å². The van der Waals surface area contributed by atoms with Crippen molar-refractivity contribution >= 4 is 28.2 Å². The summed E-state index contributed by atoms with van der Waals surface area (Å²) in [5.41, 5.74) is 0. The summed E-state index contributed by atoms with van der Waals surface area (Å²) in [6, 6.07) is 0. The van der Waals surface area contributed by atoms with Crippen LogP contribution in [0.3, 0.4) is 0 Å². The zero-order valence-electron chi connectivity index (χ0n) is 6.91. The van der Waals surface area contributed by atoms with Crippen molar-refractivity contribution in [2.24, 2.45) is 0 Å². The van der Waals surface area contributed by atoms with E-state index in [1.807, 2.05) is 13.0 Å². The third kappa shape index (κ3) is 2.83. The zero-order valence-corrected chi connectivity index (χ0v) is 8.54. The van der Waals surface area contributed by atoms with Crippen molar-refractivity contribution < 1.29 is 0 Å². The first-order valence-corrected chi connectivity index (χ1v) is 5.48. The number of hydrogen-bond acceptors (Lipinski definition) is 5. The van der Waals surface area contributed by atoms with Gasteiger partial charge in [-0.25, -0.2) is 0 Å². The minimum atomic E-state index is 0.890. The van der Waals surface area contributed by atoms with Gasteiger partial charge in [-0.2, -0.15) is 0 Å². The van der Waals surface area contributed by atoms with E-state index in [0.717, 1.165) is 21.8 Å². The molecule has 12 heavy (non-hydrogen) atoms. The average Bonchev–Trinajstić information content (AvgIpc) is 2.50. The summed E-state index contributed by atoms with van der Waals surface area (Å²) >= 11 is 3.23. The summed E-state index contributed by atoms with van der Waals surface area (Å²) in [6.07, 6.45) is 1.86. The van der Waals surface area contributed by atoms with Gasteiger partial charge in [-0.15, -0.1) is 16.8 Å². The van der Waals surface area contributed by atoms with Crippen LogP contribution in [0.1, 0.15) is 6.92 Å². The van der Waals surface area contributed by atoms with Crippen molar-refractivity contribution in [1.82, 2.24) is 10.2 Å². The van der Waals surface area contributed by atoms with Gasteiger partial charge in [0.15, 0.2) is 4.34 Å². The molecule has 0 atom stereocenters. The Balaban J connectivity index is 2.46. The van der Waals surface area contributed by atoms with Crippen molar-refractivity contribution in [1.29, 1.82) is 0 Å². The highest BCUT2D eigenvalue weighted by Gasteiger charge is 2.01. The highest BCUT2D eigenvalue weighted by Crippen LogP contribution is 2.24. The number of anilines is 1. The molecule has 1 heterocycles. The van der Waals surface area contributed by atoms with E-state index in [1.165, 1.54) is 0 Å². The Kier molecular flexibility index (Phi) is 4.10. The van der Waals surface area contributed by atoms with Crippen molar-refractivity contribution in [3.63, 3.8) is 0 Å². The first-order valence-electron chi connectivity index (χ1n) is 3.68. The van der Waals surface area contributed by atoms with Crippen molar-refractivity contribution in [3.8, 4) is 0 Å². The van der Waals surface area contributed by atoms with Crippen LogP contribution < -0.4 is 5.32 Å². The minimum absolute atomic E-state index is 0.890. The third-order valence-electron chi connectivity index (χ3n) is 1.06. The van der Waals surface area contributed by atoms with Crippen LogP contribution in [0.25, 0.3) is 0 Å². The van der Waals surface area contributed by atoms with Crippen molar-refractivity contribution in [2.75, 3.05) is 17.6 Å². The van der Waals surface area contributed by atoms with Crippen LogP contribution >= 0.6 is 23.1 Å². The van der Waals surface area contributed by atoms with Gasteiger partial charge in [-0.3, -0.25) is 0 Å². The Morgan fingerprint density at radius 3 is 3.17 bits per heavy atom. The molecule has 0 aliphatic heterocycles. The summed E-state index contributed by atoms with van der Waals surface area (Å²) in [7, 11) is 0. The Hall–Kier alpha value is -0.550. The fourth-order valence-electron chi connectivity index (χ4n) is 0.621. The molecule has 0 saturated carbocycles. The van der Waals surface area contributed by atoms with Crippen LogP contribution in [-0.4, -0.2) is 22.5 Å². The van der Waals surface area contributed by atoms with E-state index >= 15 is 0 Å². The molecule has 0 aromatic carbocycles. The number of hydrogen-bond donors (Lipinski definition) is 1. The van der Waals surface area contributed by atoms with Crippen LogP contribution in [-0.2, 0) is 0 Å². The van der Waals surface area contributed by atoms with Crippen LogP contribution in [0.15, 0.2) is 17.0 Å². The molecule has 0 unspecified atom stereocenters. The summed E-state index contributed by atoms with van der Waals surface area (Å²) in [6.45, 7) is 6.57. The van der Waals surface area contributed by atoms with Crippen molar-refractivity contribution in [2.45, 2.75) is 11.3 Å². The van der Waals surface area contributed by atoms with E-state index in [1.54, 1.807) is 23.1 Å².